The highest BCUT2D eigenvalue weighted by Gasteiger charge is 2.48. The Bertz CT molecular complexity index is 4150. The van der Waals surface area contributed by atoms with E-state index in [2.05, 4.69) is 291 Å². The van der Waals surface area contributed by atoms with Crippen molar-refractivity contribution in [1.29, 1.82) is 0 Å². The van der Waals surface area contributed by atoms with Crippen LogP contribution in [0.25, 0.3) is 22.8 Å². The first-order valence-electron chi connectivity index (χ1n) is 34.9. The first kappa shape index (κ1) is 62.5. The maximum Gasteiger partial charge on any atom is 0.245 e. The number of unbranched alkanes of at least 4 members (excludes halogenated alkanes) is 3. The van der Waals surface area contributed by atoms with E-state index in [-0.39, 0.29) is 23.6 Å². The largest absolute Gasteiger partial charge is 0.544 e. The van der Waals surface area contributed by atoms with Gasteiger partial charge in [-0.1, -0.05) is 238 Å². The van der Waals surface area contributed by atoms with Gasteiger partial charge in [0.1, 0.15) is 11.5 Å². The summed E-state index contributed by atoms with van der Waals surface area (Å²) in [6.07, 6.45) is 45.2. The molecular weight excluding hydrogens is 1160 g/mol. The topological polar surface area (TPSA) is 34.2 Å². The first-order chi connectivity index (χ1) is 46.2. The fourth-order valence-electron chi connectivity index (χ4n) is 16.2. The number of nitrogens with zero attached hydrogens (tertiary/aromatic N) is 2. The number of hydrogen-bond acceptors (Lipinski definition) is 5. The van der Waals surface area contributed by atoms with Crippen LogP contribution in [0.15, 0.2) is 302 Å². The van der Waals surface area contributed by atoms with E-state index < -0.39 is 8.32 Å². The van der Waals surface area contributed by atoms with Crippen LogP contribution in [0, 0.1) is 11.8 Å². The van der Waals surface area contributed by atoms with Gasteiger partial charge in [-0.2, -0.15) is 0 Å². The third kappa shape index (κ3) is 13.3. The number of fused-ring (bicyclic) bond motifs is 6. The average molecular weight is 1250 g/mol. The highest BCUT2D eigenvalue weighted by atomic mass is 28.4. The van der Waals surface area contributed by atoms with Gasteiger partial charge in [-0.25, -0.2) is 0 Å². The molecule has 5 nitrogen and oxygen atoms in total. The average Bonchev–Trinajstić information content (AvgIpc) is 1.54. The normalized spacial score (nSPS) is 22.5. The van der Waals surface area contributed by atoms with Crippen molar-refractivity contribution in [3.05, 3.63) is 336 Å². The molecule has 1 saturated heterocycles. The molecule has 7 aromatic carbocycles. The molecule has 7 aromatic rings. The Labute approximate surface area is 560 Å². The molecule has 7 aliphatic rings. The first-order valence-corrected chi connectivity index (χ1v) is 38.0. The minimum absolute atomic E-state index is 0.134. The predicted molar refractivity (Wildman–Crippen MR) is 396 cm³/mol. The molecule has 14 rings (SSSR count). The van der Waals surface area contributed by atoms with Crippen molar-refractivity contribution in [1.82, 2.24) is 0 Å². The molecule has 0 amide bonds. The molecule has 1 fully saturated rings. The van der Waals surface area contributed by atoms with E-state index in [0.29, 0.717) is 17.8 Å². The quantitative estimate of drug-likeness (QED) is 0.0421. The fourth-order valence-corrected chi connectivity index (χ4v) is 18.1. The smallest absolute Gasteiger partial charge is 0.245 e. The SMILES string of the molecule is C=CC1=CCC(OCCCCCCOc2ccc(N3C4=CCC(c5ccccc5)CC4C4C=C(C5=CC=C(N(c6ccc7c(c6)C(CCC[Si](C)(C)Oc6ccc(C=C)cc6)(c6ccccc6)c6ccccc6-7)C6C=CC(c7ccccc7)=CC6)CC5)C=CC43)cc2)C=C1. The Morgan fingerprint density at radius 2 is 1.35 bits per heavy atom. The minimum atomic E-state index is -2.13. The lowest BCUT2D eigenvalue weighted by molar-refractivity contribution is 0.0828. The molecule has 6 aliphatic carbocycles. The maximum absolute atomic E-state index is 6.88. The van der Waals surface area contributed by atoms with Crippen molar-refractivity contribution in [3.8, 4) is 22.6 Å². The van der Waals surface area contributed by atoms with E-state index in [1.54, 1.807) is 0 Å². The van der Waals surface area contributed by atoms with Gasteiger partial charge < -0.3 is 23.7 Å². The Morgan fingerprint density at radius 3 is 2.09 bits per heavy atom. The lowest BCUT2D eigenvalue weighted by Crippen LogP contribution is -2.36. The van der Waals surface area contributed by atoms with Crippen LogP contribution in [0.2, 0.25) is 19.1 Å². The fraction of sp³-hybridized carbons (Fsp3) is 0.273. The summed E-state index contributed by atoms with van der Waals surface area (Å²) in [5, 5.41) is 0. The van der Waals surface area contributed by atoms with Crippen LogP contribution in [0.5, 0.6) is 11.5 Å². The molecule has 0 N–H and O–H groups in total. The third-order valence-corrected chi connectivity index (χ3v) is 23.4. The predicted octanol–water partition coefficient (Wildman–Crippen LogP) is 22.0. The molecule has 1 heterocycles. The number of benzene rings is 7. The van der Waals surface area contributed by atoms with Gasteiger partial charge in [0.15, 0.2) is 0 Å². The van der Waals surface area contributed by atoms with Gasteiger partial charge >= 0.3 is 0 Å². The second-order valence-electron chi connectivity index (χ2n) is 27.3. The molecule has 0 aromatic heterocycles. The van der Waals surface area contributed by atoms with Crippen molar-refractivity contribution < 1.29 is 13.9 Å². The Hall–Kier alpha value is -8.94. The summed E-state index contributed by atoms with van der Waals surface area (Å²) in [4.78, 5) is 5.36. The van der Waals surface area contributed by atoms with E-state index >= 15 is 0 Å². The highest BCUT2D eigenvalue weighted by molar-refractivity contribution is 6.71. The Morgan fingerprint density at radius 1 is 0.617 bits per heavy atom. The summed E-state index contributed by atoms with van der Waals surface area (Å²) in [6, 6.07) is 69.0. The summed E-state index contributed by atoms with van der Waals surface area (Å²) >= 11 is 0. The second kappa shape index (κ2) is 28.3. The van der Waals surface area contributed by atoms with Gasteiger partial charge in [0, 0.05) is 46.6 Å². The van der Waals surface area contributed by atoms with Crippen LogP contribution in [-0.4, -0.2) is 39.7 Å². The molecule has 0 bridgehead atoms. The molecule has 0 spiro atoms. The highest BCUT2D eigenvalue weighted by Crippen LogP contribution is 2.57. The lowest BCUT2D eigenvalue weighted by atomic mass is 9.69. The van der Waals surface area contributed by atoms with Gasteiger partial charge in [-0.15, -0.1) is 0 Å². The summed E-state index contributed by atoms with van der Waals surface area (Å²) in [6.45, 7) is 14.1. The lowest BCUT2D eigenvalue weighted by Gasteiger charge is -2.38. The van der Waals surface area contributed by atoms with E-state index in [1.807, 2.05) is 12.2 Å². The summed E-state index contributed by atoms with van der Waals surface area (Å²) in [5.41, 5.74) is 20.9. The summed E-state index contributed by atoms with van der Waals surface area (Å²) < 4.78 is 19.4. The number of hydrogen-bond donors (Lipinski definition) is 0. The van der Waals surface area contributed by atoms with Gasteiger partial charge in [0.25, 0.3) is 0 Å². The van der Waals surface area contributed by atoms with Gasteiger partial charge in [0.05, 0.1) is 24.8 Å². The standard InChI is InChI=1S/C88H90N2O3Si/c1-5-64-31-48-77(49-32-64)91-58-20-7-8-21-59-92-78-52-45-75(46-53-78)90-86-55-39-70(67-25-14-10-15-26-67)61-82(86)83-62-71(40-56-87(83)90)69-37-43-74(44-38-69)89(73-41-35-68(36-42-73)66-23-12-9-13-24-66)76-47-54-81-80-29-18-19-30-84(80)88(85(81)63-76,72-27-16-11-17-28-72)57-22-60-94(3,4)93-79-50-33-65(6-2)34-51-79/h5-6,9-19,23-37,40-41,43,45-48,50-56,62-63,70,73,77,82-83,87H,1-2,7-8,20-22,38-39,42,44,49,57-61H2,3-4H3. The molecule has 7 atom stereocenters. The van der Waals surface area contributed by atoms with Crippen molar-refractivity contribution in [2.75, 3.05) is 23.0 Å². The zero-order valence-electron chi connectivity index (χ0n) is 55.0. The Balaban J connectivity index is 0.732. The van der Waals surface area contributed by atoms with Crippen molar-refractivity contribution in [2.45, 2.75) is 126 Å². The van der Waals surface area contributed by atoms with Crippen LogP contribution >= 0.6 is 0 Å². The van der Waals surface area contributed by atoms with Crippen molar-refractivity contribution >= 4 is 31.3 Å². The second-order valence-corrected chi connectivity index (χ2v) is 31.6. The van der Waals surface area contributed by atoms with E-state index in [9.17, 15) is 0 Å². The Kier molecular flexibility index (Phi) is 18.8. The number of ether oxygens (including phenoxy) is 2. The number of rotatable bonds is 25. The van der Waals surface area contributed by atoms with Crippen LogP contribution in [0.4, 0.5) is 11.4 Å². The minimum Gasteiger partial charge on any atom is -0.544 e. The van der Waals surface area contributed by atoms with Crippen LogP contribution < -0.4 is 19.0 Å². The maximum atomic E-state index is 6.88. The van der Waals surface area contributed by atoms with Crippen LogP contribution in [0.1, 0.15) is 116 Å². The molecular formula is C88H90N2O3Si. The molecule has 6 heteroatoms. The number of allylic oxidation sites excluding steroid dienone is 13. The van der Waals surface area contributed by atoms with E-state index in [4.69, 9.17) is 13.9 Å². The zero-order chi connectivity index (χ0) is 63.9. The molecule has 94 heavy (non-hydrogen) atoms. The zero-order valence-corrected chi connectivity index (χ0v) is 56.0. The monoisotopic (exact) mass is 1250 g/mol. The van der Waals surface area contributed by atoms with Gasteiger partial charge in [0.2, 0.25) is 8.32 Å². The van der Waals surface area contributed by atoms with Gasteiger partial charge in [-0.3, -0.25) is 0 Å². The third-order valence-electron chi connectivity index (χ3n) is 21.0. The van der Waals surface area contributed by atoms with Crippen molar-refractivity contribution in [3.63, 3.8) is 0 Å². The summed E-state index contributed by atoms with van der Waals surface area (Å²) in [7, 11) is -2.13. The van der Waals surface area contributed by atoms with Crippen molar-refractivity contribution in [2.24, 2.45) is 11.8 Å². The molecule has 0 radical (unpaired) electrons. The summed E-state index contributed by atoms with van der Waals surface area (Å²) in [5.74, 6) is 3.13. The van der Waals surface area contributed by atoms with Crippen LogP contribution in [-0.2, 0) is 10.2 Å². The number of anilines is 2. The van der Waals surface area contributed by atoms with E-state index in [0.717, 1.165) is 113 Å². The van der Waals surface area contributed by atoms with E-state index in [1.165, 1.54) is 84.0 Å². The van der Waals surface area contributed by atoms with Gasteiger partial charge in [-0.05, 0) is 211 Å². The molecule has 474 valence electrons. The molecule has 0 saturated carbocycles. The molecule has 1 aliphatic heterocycles. The molecule has 7 unspecified atom stereocenters. The van der Waals surface area contributed by atoms with Crippen LogP contribution in [0.3, 0.4) is 0 Å².